The molecule has 0 bridgehead atoms. The highest BCUT2D eigenvalue weighted by molar-refractivity contribution is 6.05. The second kappa shape index (κ2) is 5.26. The van der Waals surface area contributed by atoms with Crippen LogP contribution in [-0.4, -0.2) is 30.1 Å². The quantitative estimate of drug-likeness (QED) is 0.583. The molecule has 6 heteroatoms. The molecule has 6 nitrogen and oxygen atoms in total. The lowest BCUT2D eigenvalue weighted by molar-refractivity contribution is -0.126. The first-order valence-electron chi connectivity index (χ1n) is 6.76. The third kappa shape index (κ3) is 3.18. The number of allylic oxidation sites excluding steroid dienone is 1. The van der Waals surface area contributed by atoms with E-state index in [-0.39, 0.29) is 36.1 Å². The standard InChI is InChI=1S/C14H20N2O4/c1-14(2,3)20-13(19)15-7-8-5-4-6-9-10(8)12(18)16-11(9)17/h4-5,8-10H,6-7H2,1-3H3,(H,15,19)(H,16,17,18). The summed E-state index contributed by atoms with van der Waals surface area (Å²) < 4.78 is 5.15. The van der Waals surface area contributed by atoms with Crippen molar-refractivity contribution in [3.05, 3.63) is 12.2 Å². The van der Waals surface area contributed by atoms with Crippen molar-refractivity contribution in [2.45, 2.75) is 32.8 Å². The van der Waals surface area contributed by atoms with Crippen LogP contribution < -0.4 is 10.6 Å². The topological polar surface area (TPSA) is 84.5 Å². The van der Waals surface area contributed by atoms with Gasteiger partial charge in [-0.3, -0.25) is 14.9 Å². The summed E-state index contributed by atoms with van der Waals surface area (Å²) in [6.07, 6.45) is 3.83. The van der Waals surface area contributed by atoms with Gasteiger partial charge in [-0.2, -0.15) is 0 Å². The lowest BCUT2D eigenvalue weighted by atomic mass is 9.77. The van der Waals surface area contributed by atoms with E-state index < -0.39 is 11.7 Å². The van der Waals surface area contributed by atoms with Crippen LogP contribution in [0.1, 0.15) is 27.2 Å². The zero-order valence-electron chi connectivity index (χ0n) is 11.9. The van der Waals surface area contributed by atoms with Crippen LogP contribution in [0.3, 0.4) is 0 Å². The van der Waals surface area contributed by atoms with E-state index in [0.29, 0.717) is 6.42 Å². The van der Waals surface area contributed by atoms with Crippen molar-refractivity contribution in [1.82, 2.24) is 10.6 Å². The maximum Gasteiger partial charge on any atom is 0.407 e. The molecule has 0 aromatic carbocycles. The van der Waals surface area contributed by atoms with Crippen molar-refractivity contribution >= 4 is 17.9 Å². The fraction of sp³-hybridized carbons (Fsp3) is 0.643. The monoisotopic (exact) mass is 280 g/mol. The maximum atomic E-state index is 11.8. The normalized spacial score (nSPS) is 28.9. The Balaban J connectivity index is 1.94. The highest BCUT2D eigenvalue weighted by Gasteiger charge is 2.46. The fourth-order valence-corrected chi connectivity index (χ4v) is 2.62. The number of fused-ring (bicyclic) bond motifs is 1. The number of imide groups is 1. The predicted octanol–water partition coefficient (Wildman–Crippen LogP) is 0.976. The summed E-state index contributed by atoms with van der Waals surface area (Å²) in [5.74, 6) is -1.33. The second-order valence-electron chi connectivity index (χ2n) is 6.20. The minimum absolute atomic E-state index is 0.173. The summed E-state index contributed by atoms with van der Waals surface area (Å²) >= 11 is 0. The van der Waals surface area contributed by atoms with E-state index in [9.17, 15) is 14.4 Å². The molecule has 0 aromatic rings. The van der Waals surface area contributed by atoms with Crippen LogP contribution in [0.2, 0.25) is 0 Å². The van der Waals surface area contributed by atoms with E-state index in [4.69, 9.17) is 4.74 Å². The molecule has 1 saturated heterocycles. The van der Waals surface area contributed by atoms with E-state index in [1.165, 1.54) is 0 Å². The van der Waals surface area contributed by atoms with Gasteiger partial charge >= 0.3 is 6.09 Å². The molecule has 1 aliphatic heterocycles. The summed E-state index contributed by atoms with van der Waals surface area (Å²) in [4.78, 5) is 35.0. The van der Waals surface area contributed by atoms with Crippen LogP contribution in [-0.2, 0) is 14.3 Å². The van der Waals surface area contributed by atoms with Crippen molar-refractivity contribution in [3.63, 3.8) is 0 Å². The van der Waals surface area contributed by atoms with Gasteiger partial charge in [0.1, 0.15) is 5.60 Å². The number of alkyl carbamates (subject to hydrolysis) is 1. The zero-order valence-corrected chi connectivity index (χ0v) is 11.9. The third-order valence-corrected chi connectivity index (χ3v) is 3.43. The zero-order chi connectivity index (χ0) is 14.9. The molecule has 2 rings (SSSR count). The molecule has 3 unspecified atom stereocenters. The number of hydrogen-bond acceptors (Lipinski definition) is 4. The van der Waals surface area contributed by atoms with Crippen LogP contribution >= 0.6 is 0 Å². The second-order valence-corrected chi connectivity index (χ2v) is 6.20. The molecular formula is C14H20N2O4. The number of rotatable bonds is 2. The van der Waals surface area contributed by atoms with Gasteiger partial charge in [-0.05, 0) is 27.2 Å². The van der Waals surface area contributed by atoms with Gasteiger partial charge in [-0.15, -0.1) is 0 Å². The smallest absolute Gasteiger partial charge is 0.407 e. The number of nitrogens with one attached hydrogen (secondary N) is 2. The molecule has 0 aromatic heterocycles. The van der Waals surface area contributed by atoms with Crippen LogP contribution in [0.5, 0.6) is 0 Å². The van der Waals surface area contributed by atoms with Gasteiger partial charge in [-0.1, -0.05) is 12.2 Å². The molecule has 110 valence electrons. The molecule has 3 amide bonds. The molecular weight excluding hydrogens is 260 g/mol. The van der Waals surface area contributed by atoms with Gasteiger partial charge in [0.25, 0.3) is 0 Å². The van der Waals surface area contributed by atoms with Crippen molar-refractivity contribution in [1.29, 1.82) is 0 Å². The summed E-state index contributed by atoms with van der Waals surface area (Å²) in [7, 11) is 0. The van der Waals surface area contributed by atoms with E-state index in [1.807, 2.05) is 12.2 Å². The molecule has 1 aliphatic carbocycles. The third-order valence-electron chi connectivity index (χ3n) is 3.43. The average molecular weight is 280 g/mol. The Morgan fingerprint density at radius 2 is 2.10 bits per heavy atom. The molecule has 0 radical (unpaired) electrons. The number of amides is 3. The lowest BCUT2D eigenvalue weighted by Crippen LogP contribution is -2.39. The van der Waals surface area contributed by atoms with E-state index in [2.05, 4.69) is 10.6 Å². The minimum atomic E-state index is -0.560. The van der Waals surface area contributed by atoms with Crippen LogP contribution in [0.25, 0.3) is 0 Å². The average Bonchev–Trinajstić information content (AvgIpc) is 2.61. The molecule has 20 heavy (non-hydrogen) atoms. The van der Waals surface area contributed by atoms with E-state index in [0.717, 1.165) is 0 Å². The maximum absolute atomic E-state index is 11.8. The Bertz CT molecular complexity index is 464. The van der Waals surface area contributed by atoms with Gasteiger partial charge in [0.2, 0.25) is 11.8 Å². The molecule has 0 spiro atoms. The highest BCUT2D eigenvalue weighted by Crippen LogP contribution is 2.34. The van der Waals surface area contributed by atoms with Crippen LogP contribution in [0, 0.1) is 17.8 Å². The van der Waals surface area contributed by atoms with Gasteiger partial charge < -0.3 is 10.1 Å². The van der Waals surface area contributed by atoms with Gasteiger partial charge in [-0.25, -0.2) is 4.79 Å². The molecule has 3 atom stereocenters. The lowest BCUT2D eigenvalue weighted by Gasteiger charge is -2.27. The first-order chi connectivity index (χ1) is 9.28. The van der Waals surface area contributed by atoms with Crippen LogP contribution in [0.4, 0.5) is 4.79 Å². The minimum Gasteiger partial charge on any atom is -0.444 e. The number of carbonyl (C=O) groups excluding carboxylic acids is 3. The van der Waals surface area contributed by atoms with Gasteiger partial charge in [0, 0.05) is 12.5 Å². The molecule has 0 saturated carbocycles. The highest BCUT2D eigenvalue weighted by atomic mass is 16.6. The van der Waals surface area contributed by atoms with Crippen molar-refractivity contribution < 1.29 is 19.1 Å². The fourth-order valence-electron chi connectivity index (χ4n) is 2.62. The molecule has 2 aliphatic rings. The molecule has 1 fully saturated rings. The summed E-state index contributed by atoms with van der Waals surface area (Å²) in [5.41, 5.74) is -0.560. The first-order valence-corrected chi connectivity index (χ1v) is 6.76. The number of hydrogen-bond donors (Lipinski definition) is 2. The number of carbonyl (C=O) groups is 3. The largest absolute Gasteiger partial charge is 0.444 e. The van der Waals surface area contributed by atoms with Gasteiger partial charge in [0.05, 0.1) is 11.8 Å². The van der Waals surface area contributed by atoms with Crippen molar-refractivity contribution in [2.75, 3.05) is 6.54 Å². The van der Waals surface area contributed by atoms with E-state index in [1.54, 1.807) is 20.8 Å². The summed E-state index contributed by atoms with van der Waals surface area (Å²) in [5, 5.41) is 5.01. The number of ether oxygens (including phenoxy) is 1. The summed E-state index contributed by atoms with van der Waals surface area (Å²) in [6.45, 7) is 5.64. The Labute approximate surface area is 117 Å². The Kier molecular flexibility index (Phi) is 3.83. The van der Waals surface area contributed by atoms with Crippen LogP contribution in [0.15, 0.2) is 12.2 Å². The van der Waals surface area contributed by atoms with E-state index >= 15 is 0 Å². The molecule has 2 N–H and O–H groups in total. The Morgan fingerprint density at radius 1 is 1.40 bits per heavy atom. The SMILES string of the molecule is CC(C)(C)OC(=O)NCC1C=CCC2C(=O)NC(=O)C12. The first kappa shape index (κ1) is 14.6. The predicted molar refractivity (Wildman–Crippen MR) is 71.6 cm³/mol. The summed E-state index contributed by atoms with van der Waals surface area (Å²) in [6, 6.07) is 0. The van der Waals surface area contributed by atoms with Gasteiger partial charge in [0.15, 0.2) is 0 Å². The Morgan fingerprint density at radius 3 is 2.75 bits per heavy atom. The van der Waals surface area contributed by atoms with Crippen molar-refractivity contribution in [3.8, 4) is 0 Å². The Hall–Kier alpha value is -1.85. The van der Waals surface area contributed by atoms with Crippen molar-refractivity contribution in [2.24, 2.45) is 17.8 Å². The molecule has 1 heterocycles.